The second-order valence-electron chi connectivity index (χ2n) is 21.0. The van der Waals surface area contributed by atoms with Crippen LogP contribution in [0.25, 0.3) is 21.2 Å². The lowest BCUT2D eigenvalue weighted by Crippen LogP contribution is -2.60. The molecule has 3 aliphatic rings. The molecule has 7 aromatic rings. The molecule has 6 aromatic carbocycles. The summed E-state index contributed by atoms with van der Waals surface area (Å²) in [5.74, 6) is 0. The molecule has 0 unspecified atom stereocenters. The molecule has 2 nitrogen and oxygen atoms in total. The number of anilines is 6. The first-order chi connectivity index (χ1) is 27.9. The highest BCUT2D eigenvalue weighted by molar-refractivity contribution is 7.33. The van der Waals surface area contributed by atoms with E-state index >= 15 is 0 Å². The first-order valence-electron chi connectivity index (χ1n) is 21.7. The van der Waals surface area contributed by atoms with Crippen LogP contribution < -0.4 is 25.5 Å². The molecule has 0 N–H and O–H groups in total. The zero-order valence-electron chi connectivity index (χ0n) is 36.8. The molecular formula is C55H57BN2S. The lowest BCUT2D eigenvalue weighted by atomic mass is 9.36. The van der Waals surface area contributed by atoms with Crippen molar-refractivity contribution in [2.75, 3.05) is 9.80 Å². The zero-order valence-corrected chi connectivity index (χ0v) is 37.7. The number of rotatable bonds is 3. The van der Waals surface area contributed by atoms with E-state index < -0.39 is 0 Å². The van der Waals surface area contributed by atoms with Gasteiger partial charge in [0.1, 0.15) is 0 Å². The Morgan fingerprint density at radius 2 is 1.17 bits per heavy atom. The van der Waals surface area contributed by atoms with Gasteiger partial charge in [-0.15, -0.1) is 11.3 Å². The van der Waals surface area contributed by atoms with E-state index in [0.717, 1.165) is 0 Å². The van der Waals surface area contributed by atoms with Crippen molar-refractivity contribution in [1.82, 2.24) is 0 Å². The highest BCUT2D eigenvalue weighted by atomic mass is 32.1. The molecule has 0 bridgehead atoms. The van der Waals surface area contributed by atoms with Crippen molar-refractivity contribution in [1.29, 1.82) is 0 Å². The molecule has 0 spiro atoms. The van der Waals surface area contributed by atoms with Crippen molar-refractivity contribution in [2.24, 2.45) is 0 Å². The number of aryl methyl sites for hydroxylation is 1. The molecule has 0 amide bonds. The summed E-state index contributed by atoms with van der Waals surface area (Å²) < 4.78 is 2.83. The Labute approximate surface area is 357 Å². The lowest BCUT2D eigenvalue weighted by Gasteiger charge is -2.44. The van der Waals surface area contributed by atoms with Gasteiger partial charge in [0.25, 0.3) is 6.71 Å². The molecule has 0 radical (unpaired) electrons. The van der Waals surface area contributed by atoms with Crippen LogP contribution in [0.3, 0.4) is 0 Å². The Kier molecular flexibility index (Phi) is 8.39. The molecule has 0 saturated carbocycles. The fourth-order valence-corrected chi connectivity index (χ4v) is 11.6. The maximum Gasteiger partial charge on any atom is 0.264 e. The monoisotopic (exact) mass is 788 g/mol. The molecule has 4 heteroatoms. The number of benzene rings is 6. The topological polar surface area (TPSA) is 6.48 Å². The van der Waals surface area contributed by atoms with Crippen LogP contribution in [0.1, 0.15) is 110 Å². The molecule has 0 saturated heterocycles. The van der Waals surface area contributed by atoms with Gasteiger partial charge in [0.2, 0.25) is 0 Å². The van der Waals surface area contributed by atoms with E-state index in [9.17, 15) is 0 Å². The third-order valence-electron chi connectivity index (χ3n) is 13.8. The standard InChI is InChI=1S/C55H57BN2S/c1-34-28-46-49-47(29-34)58(40-19-15-18-36(30-40)35-16-13-12-14-17-35)50-41-32-42-43(55(10,11)27-26-54(42,8)9)33-48(41)59-51(50)56(49)44-31-38(53(5,6)7)22-25-45(44)57(46)39-23-20-37(21-24-39)52(2,3)4/h12-25,28-33H,26-27H2,1-11H3. The van der Waals surface area contributed by atoms with Crippen LogP contribution in [0, 0.1) is 6.92 Å². The van der Waals surface area contributed by atoms with E-state index in [2.05, 4.69) is 207 Å². The largest absolute Gasteiger partial charge is 0.311 e. The minimum atomic E-state index is 0.00237. The van der Waals surface area contributed by atoms with Gasteiger partial charge >= 0.3 is 0 Å². The summed E-state index contributed by atoms with van der Waals surface area (Å²) in [4.78, 5) is 5.22. The van der Waals surface area contributed by atoms with Gasteiger partial charge in [0.15, 0.2) is 0 Å². The molecule has 3 heterocycles. The SMILES string of the molecule is Cc1cc2c3c(c1)N(c1cccc(-c4ccccc4)c1)c1c(sc4cc5c(cc14)C(C)(C)CCC5(C)C)B3c1cc(C(C)(C)C)ccc1N2c1ccc(C(C)(C)C)cc1. The molecule has 1 aliphatic carbocycles. The van der Waals surface area contributed by atoms with Gasteiger partial charge in [0, 0.05) is 43.3 Å². The predicted molar refractivity (Wildman–Crippen MR) is 259 cm³/mol. The second-order valence-corrected chi connectivity index (χ2v) is 22.1. The van der Waals surface area contributed by atoms with Crippen LogP contribution >= 0.6 is 11.3 Å². The highest BCUT2D eigenvalue weighted by Gasteiger charge is 2.47. The summed E-state index contributed by atoms with van der Waals surface area (Å²) in [5.41, 5.74) is 20.2. The Morgan fingerprint density at radius 1 is 0.559 bits per heavy atom. The van der Waals surface area contributed by atoms with E-state index in [0.29, 0.717) is 0 Å². The summed E-state index contributed by atoms with van der Waals surface area (Å²) in [5, 5.41) is 1.38. The molecule has 1 aromatic heterocycles. The van der Waals surface area contributed by atoms with Crippen LogP contribution in [0.5, 0.6) is 0 Å². The Morgan fingerprint density at radius 3 is 1.83 bits per heavy atom. The maximum absolute atomic E-state index is 2.65. The van der Waals surface area contributed by atoms with Crippen molar-refractivity contribution in [3.63, 3.8) is 0 Å². The fraction of sp³-hybridized carbons (Fsp3) is 0.309. The van der Waals surface area contributed by atoms with Crippen LogP contribution in [0.15, 0.2) is 121 Å². The summed E-state index contributed by atoms with van der Waals surface area (Å²) in [6.07, 6.45) is 2.39. The van der Waals surface area contributed by atoms with E-state index in [1.54, 1.807) is 0 Å². The predicted octanol–water partition coefficient (Wildman–Crippen LogP) is 13.9. The molecule has 0 atom stereocenters. The first-order valence-corrected chi connectivity index (χ1v) is 22.5. The van der Waals surface area contributed by atoms with Crippen molar-refractivity contribution in [2.45, 2.75) is 111 Å². The second kappa shape index (κ2) is 13.0. The third-order valence-corrected chi connectivity index (χ3v) is 15.1. The number of hydrogen-bond donors (Lipinski definition) is 0. The minimum absolute atomic E-state index is 0.00237. The molecule has 10 rings (SSSR count). The summed E-state index contributed by atoms with van der Waals surface area (Å²) >= 11 is 2.03. The van der Waals surface area contributed by atoms with Gasteiger partial charge in [-0.25, -0.2) is 0 Å². The van der Waals surface area contributed by atoms with Gasteiger partial charge in [-0.1, -0.05) is 136 Å². The van der Waals surface area contributed by atoms with Crippen LogP contribution in [-0.4, -0.2) is 6.71 Å². The maximum atomic E-state index is 2.65. The lowest BCUT2D eigenvalue weighted by molar-refractivity contribution is 0.332. The normalized spacial score (nSPS) is 16.4. The van der Waals surface area contributed by atoms with E-state index in [4.69, 9.17) is 0 Å². The van der Waals surface area contributed by atoms with Gasteiger partial charge < -0.3 is 9.80 Å². The molecule has 2 aliphatic heterocycles. The summed E-state index contributed by atoms with van der Waals surface area (Å²) in [6, 6.07) is 47.0. The molecular weight excluding hydrogens is 731 g/mol. The average Bonchev–Trinajstić information content (AvgIpc) is 3.57. The Balaban J connectivity index is 1.32. The molecule has 296 valence electrons. The minimum Gasteiger partial charge on any atom is -0.311 e. The Bertz CT molecular complexity index is 2810. The zero-order chi connectivity index (χ0) is 41.4. The highest BCUT2D eigenvalue weighted by Crippen LogP contribution is 2.53. The van der Waals surface area contributed by atoms with Crippen LogP contribution in [-0.2, 0) is 21.7 Å². The summed E-state index contributed by atoms with van der Waals surface area (Å²) in [6.45, 7) is 26.2. The number of thiophene rings is 1. The Hall–Kier alpha value is -5.06. The van der Waals surface area contributed by atoms with E-state index in [-0.39, 0.29) is 28.4 Å². The third kappa shape index (κ3) is 6.03. The average molecular weight is 789 g/mol. The smallest absolute Gasteiger partial charge is 0.264 e. The molecule has 0 fully saturated rings. The van der Waals surface area contributed by atoms with Gasteiger partial charge in [-0.2, -0.15) is 0 Å². The number of hydrogen-bond acceptors (Lipinski definition) is 3. The number of fused-ring (bicyclic) bond motifs is 7. The van der Waals surface area contributed by atoms with Crippen molar-refractivity contribution >= 4 is 78.0 Å². The van der Waals surface area contributed by atoms with Crippen molar-refractivity contribution in [3.05, 3.63) is 149 Å². The molecule has 59 heavy (non-hydrogen) atoms. The van der Waals surface area contributed by atoms with Crippen molar-refractivity contribution in [3.8, 4) is 11.1 Å². The van der Waals surface area contributed by atoms with Gasteiger partial charge in [-0.3, -0.25) is 0 Å². The quantitative estimate of drug-likeness (QED) is 0.165. The fourth-order valence-electron chi connectivity index (χ4n) is 10.3. The van der Waals surface area contributed by atoms with Crippen LogP contribution in [0.4, 0.5) is 34.1 Å². The van der Waals surface area contributed by atoms with Crippen molar-refractivity contribution < 1.29 is 0 Å². The van der Waals surface area contributed by atoms with Crippen LogP contribution in [0.2, 0.25) is 0 Å². The number of nitrogens with zero attached hydrogens (tertiary/aromatic N) is 2. The van der Waals surface area contributed by atoms with Gasteiger partial charge in [0.05, 0.1) is 5.69 Å². The van der Waals surface area contributed by atoms with Gasteiger partial charge in [-0.05, 0) is 146 Å². The van der Waals surface area contributed by atoms with E-state index in [1.165, 1.54) is 112 Å². The van der Waals surface area contributed by atoms with E-state index in [1.807, 2.05) is 11.3 Å². The summed E-state index contributed by atoms with van der Waals surface area (Å²) in [7, 11) is 0. The first kappa shape index (κ1) is 38.2.